The molecule has 0 unspecified atom stereocenters. The van der Waals surface area contributed by atoms with Gasteiger partial charge in [0.2, 0.25) is 0 Å². The lowest BCUT2D eigenvalue weighted by molar-refractivity contribution is 0.207. The zero-order chi connectivity index (χ0) is 7.40. The van der Waals surface area contributed by atoms with Crippen LogP contribution in [0.3, 0.4) is 0 Å². The Morgan fingerprint density at radius 2 is 2.40 bits per heavy atom. The van der Waals surface area contributed by atoms with Gasteiger partial charge in [-0.15, -0.1) is 0 Å². The van der Waals surface area contributed by atoms with Crippen molar-refractivity contribution in [3.63, 3.8) is 0 Å². The molecule has 10 heavy (non-hydrogen) atoms. The second-order valence-electron chi connectivity index (χ2n) is 1.75. The van der Waals surface area contributed by atoms with Crippen LogP contribution in [0.5, 0.6) is 0 Å². The Morgan fingerprint density at radius 3 is 2.90 bits per heavy atom. The van der Waals surface area contributed by atoms with Gasteiger partial charge < -0.3 is 5.32 Å². The summed E-state index contributed by atoms with van der Waals surface area (Å²) in [5.74, 6) is 0. The zero-order valence-corrected chi connectivity index (χ0v) is 5.66. The fourth-order valence-corrected chi connectivity index (χ4v) is 0.604. The first-order valence-corrected chi connectivity index (χ1v) is 2.95. The lowest BCUT2D eigenvalue weighted by Crippen LogP contribution is -2.41. The van der Waals surface area contributed by atoms with Crippen LogP contribution >= 0.6 is 0 Å². The number of carbonyl (C=O) groups is 1. The topological polar surface area (TPSA) is 44.4 Å². The van der Waals surface area contributed by atoms with Crippen molar-refractivity contribution < 1.29 is 4.79 Å². The van der Waals surface area contributed by atoms with Gasteiger partial charge in [0.05, 0.1) is 0 Å². The van der Waals surface area contributed by atoms with Crippen molar-refractivity contribution in [3.8, 4) is 0 Å². The van der Waals surface area contributed by atoms with E-state index in [9.17, 15) is 4.79 Å². The number of amides is 2. The van der Waals surface area contributed by atoms with Crippen LogP contribution in [0.15, 0.2) is 24.6 Å². The smallest absolute Gasteiger partial charge is 0.339 e. The molecule has 0 aliphatic carbocycles. The average molecular weight is 139 g/mol. The highest BCUT2D eigenvalue weighted by Crippen LogP contribution is 1.91. The third-order valence-electron chi connectivity index (χ3n) is 1.09. The Balaban J connectivity index is 2.51. The third kappa shape index (κ3) is 1.28. The van der Waals surface area contributed by atoms with E-state index in [1.54, 1.807) is 31.6 Å². The van der Waals surface area contributed by atoms with Crippen molar-refractivity contribution >= 4 is 6.03 Å². The monoisotopic (exact) mass is 139 g/mol. The number of hydrogen-bond donors (Lipinski definition) is 2. The molecule has 2 N–H and O–H groups in total. The number of nitrogens with one attached hydrogen (secondary N) is 2. The standard InChI is InChI=1S/C6H9N3O/c1-7-6(10)9-5-3-2-4-8-9/h2-5,8H,1H3,(H,7,10). The predicted molar refractivity (Wildman–Crippen MR) is 37.7 cm³/mol. The molecular weight excluding hydrogens is 130 g/mol. The van der Waals surface area contributed by atoms with Crippen LogP contribution in [0.2, 0.25) is 0 Å². The summed E-state index contributed by atoms with van der Waals surface area (Å²) < 4.78 is 0. The maximum absolute atomic E-state index is 10.8. The summed E-state index contributed by atoms with van der Waals surface area (Å²) in [4.78, 5) is 10.8. The molecule has 1 aliphatic rings. The highest BCUT2D eigenvalue weighted by atomic mass is 16.2. The normalized spacial score (nSPS) is 14.7. The number of allylic oxidation sites excluding steroid dienone is 2. The second kappa shape index (κ2) is 2.91. The number of urea groups is 1. The minimum absolute atomic E-state index is 0.180. The Hall–Kier alpha value is -1.45. The maximum atomic E-state index is 10.8. The van der Waals surface area contributed by atoms with E-state index >= 15 is 0 Å². The molecule has 1 heterocycles. The highest BCUT2D eigenvalue weighted by molar-refractivity contribution is 5.74. The van der Waals surface area contributed by atoms with Crippen molar-refractivity contribution in [1.82, 2.24) is 15.8 Å². The van der Waals surface area contributed by atoms with E-state index in [4.69, 9.17) is 0 Å². The van der Waals surface area contributed by atoms with Crippen molar-refractivity contribution in [2.24, 2.45) is 0 Å². The molecule has 0 aromatic carbocycles. The molecule has 0 radical (unpaired) electrons. The summed E-state index contributed by atoms with van der Waals surface area (Å²) >= 11 is 0. The van der Waals surface area contributed by atoms with Gasteiger partial charge in [0.25, 0.3) is 0 Å². The Bertz CT molecular complexity index is 185. The number of nitrogens with zero attached hydrogens (tertiary/aromatic N) is 1. The van der Waals surface area contributed by atoms with Crippen molar-refractivity contribution in [2.75, 3.05) is 7.05 Å². The Morgan fingerprint density at radius 1 is 1.60 bits per heavy atom. The number of hydrazine groups is 1. The first-order valence-electron chi connectivity index (χ1n) is 2.95. The van der Waals surface area contributed by atoms with Gasteiger partial charge in [-0.2, -0.15) is 0 Å². The van der Waals surface area contributed by atoms with Crippen LogP contribution in [0, 0.1) is 0 Å². The molecule has 0 spiro atoms. The van der Waals surface area contributed by atoms with Gasteiger partial charge >= 0.3 is 6.03 Å². The molecule has 0 aromatic heterocycles. The molecule has 0 aromatic rings. The predicted octanol–water partition coefficient (Wildman–Crippen LogP) is 0.173. The van der Waals surface area contributed by atoms with Crippen LogP contribution in [0.1, 0.15) is 0 Å². The lowest BCUT2D eigenvalue weighted by Gasteiger charge is -2.18. The van der Waals surface area contributed by atoms with Gasteiger partial charge in [0.15, 0.2) is 0 Å². The van der Waals surface area contributed by atoms with E-state index < -0.39 is 0 Å². The average Bonchev–Trinajstić information content (AvgIpc) is 2.05. The first kappa shape index (κ1) is 6.67. The summed E-state index contributed by atoms with van der Waals surface area (Å²) in [6.45, 7) is 0. The molecule has 4 nitrogen and oxygen atoms in total. The molecule has 2 amide bonds. The molecule has 0 saturated heterocycles. The highest BCUT2D eigenvalue weighted by Gasteiger charge is 2.05. The molecule has 0 saturated carbocycles. The number of hydrogen-bond acceptors (Lipinski definition) is 2. The molecule has 54 valence electrons. The van der Waals surface area contributed by atoms with Gasteiger partial charge in [0.1, 0.15) is 0 Å². The van der Waals surface area contributed by atoms with Crippen molar-refractivity contribution in [1.29, 1.82) is 0 Å². The summed E-state index contributed by atoms with van der Waals surface area (Å²) in [6, 6.07) is -0.180. The first-order chi connectivity index (χ1) is 4.84. The number of carbonyl (C=O) groups excluding carboxylic acids is 1. The van der Waals surface area contributed by atoms with Gasteiger partial charge in [0, 0.05) is 19.4 Å². The quantitative estimate of drug-likeness (QED) is 0.502. The summed E-state index contributed by atoms with van der Waals surface area (Å²) in [5, 5.41) is 3.82. The molecule has 0 fully saturated rings. The van der Waals surface area contributed by atoms with Crippen LogP contribution in [-0.4, -0.2) is 18.1 Å². The van der Waals surface area contributed by atoms with Crippen LogP contribution < -0.4 is 10.7 Å². The van der Waals surface area contributed by atoms with E-state index in [1.807, 2.05) is 0 Å². The molecule has 4 heteroatoms. The minimum atomic E-state index is -0.180. The molecular formula is C6H9N3O. The van der Waals surface area contributed by atoms with Gasteiger partial charge in [-0.25, -0.2) is 9.80 Å². The summed E-state index contributed by atoms with van der Waals surface area (Å²) in [6.07, 6.45) is 6.89. The molecule has 1 rings (SSSR count). The minimum Gasteiger partial charge on any atom is -0.339 e. The van der Waals surface area contributed by atoms with Crippen LogP contribution in [-0.2, 0) is 0 Å². The fraction of sp³-hybridized carbons (Fsp3) is 0.167. The van der Waals surface area contributed by atoms with E-state index in [-0.39, 0.29) is 6.03 Å². The SMILES string of the molecule is CNC(=O)N1C=CC=CN1. The summed E-state index contributed by atoms with van der Waals surface area (Å²) in [5.41, 5.74) is 2.72. The van der Waals surface area contributed by atoms with E-state index in [0.717, 1.165) is 0 Å². The molecule has 1 aliphatic heterocycles. The van der Waals surface area contributed by atoms with Gasteiger partial charge in [-0.3, -0.25) is 5.43 Å². The molecule has 0 atom stereocenters. The fourth-order valence-electron chi connectivity index (χ4n) is 0.604. The zero-order valence-electron chi connectivity index (χ0n) is 5.66. The maximum Gasteiger partial charge on any atom is 0.339 e. The van der Waals surface area contributed by atoms with Crippen LogP contribution in [0.25, 0.3) is 0 Å². The Kier molecular flexibility index (Phi) is 1.94. The lowest BCUT2D eigenvalue weighted by atomic mass is 10.5. The van der Waals surface area contributed by atoms with Crippen molar-refractivity contribution in [2.45, 2.75) is 0 Å². The van der Waals surface area contributed by atoms with Gasteiger partial charge in [-0.05, 0) is 12.2 Å². The van der Waals surface area contributed by atoms with E-state index in [0.29, 0.717) is 0 Å². The Labute approximate surface area is 59.2 Å². The second-order valence-corrected chi connectivity index (χ2v) is 1.75. The largest absolute Gasteiger partial charge is 0.339 e. The van der Waals surface area contributed by atoms with E-state index in [2.05, 4.69) is 10.7 Å². The van der Waals surface area contributed by atoms with E-state index in [1.165, 1.54) is 5.01 Å². The third-order valence-corrected chi connectivity index (χ3v) is 1.09. The van der Waals surface area contributed by atoms with Crippen LogP contribution in [0.4, 0.5) is 4.79 Å². The van der Waals surface area contributed by atoms with Gasteiger partial charge in [-0.1, -0.05) is 0 Å². The molecule has 0 bridgehead atoms. The number of rotatable bonds is 0. The summed E-state index contributed by atoms with van der Waals surface area (Å²) in [7, 11) is 1.58. The van der Waals surface area contributed by atoms with Crippen molar-refractivity contribution in [3.05, 3.63) is 24.6 Å².